The number of rotatable bonds is 7. The number of amidine groups is 1. The molecule has 1 unspecified atom stereocenters. The number of aliphatic imine (C=N–C) groups is 1. The molecule has 1 saturated heterocycles. The van der Waals surface area contributed by atoms with Gasteiger partial charge in [0.15, 0.2) is 0 Å². The molecule has 0 aliphatic carbocycles. The van der Waals surface area contributed by atoms with Gasteiger partial charge in [0.1, 0.15) is 16.5 Å². The first-order valence-corrected chi connectivity index (χ1v) is 12.0. The Morgan fingerprint density at radius 2 is 2.31 bits per heavy atom. The van der Waals surface area contributed by atoms with Gasteiger partial charge < -0.3 is 21.3 Å². The number of carbonyl (C=O) groups is 1. The Morgan fingerprint density at radius 3 is 3.03 bits per heavy atom. The lowest BCUT2D eigenvalue weighted by Crippen LogP contribution is -2.48. The summed E-state index contributed by atoms with van der Waals surface area (Å²) in [4.78, 5) is 25.4. The molecule has 170 valence electrons. The third kappa shape index (κ3) is 4.90. The number of nitrogens with one attached hydrogen (secondary N) is 2. The van der Waals surface area contributed by atoms with Crippen molar-refractivity contribution in [3.8, 4) is 0 Å². The van der Waals surface area contributed by atoms with E-state index >= 15 is 0 Å². The second-order valence-corrected chi connectivity index (χ2v) is 9.29. The number of benzene rings is 1. The quantitative estimate of drug-likeness (QED) is 0.571. The van der Waals surface area contributed by atoms with Crippen molar-refractivity contribution >= 4 is 45.5 Å². The number of thiazole rings is 1. The molecule has 2 aliphatic rings. The Labute approximate surface area is 197 Å². The van der Waals surface area contributed by atoms with E-state index in [1.807, 2.05) is 36.1 Å². The molecule has 32 heavy (non-hydrogen) atoms. The number of likely N-dealkylation sites (N-methyl/N-ethyl adjacent to an activating group) is 1. The fraction of sp³-hybridized carbons (Fsp3) is 0.409. The normalized spacial score (nSPS) is 20.3. The number of aromatic nitrogens is 1. The Balaban J connectivity index is 1.63. The molecule has 1 aromatic carbocycles. The Hall–Kier alpha value is -2.62. The van der Waals surface area contributed by atoms with Crippen molar-refractivity contribution in [3.05, 3.63) is 51.8 Å². The van der Waals surface area contributed by atoms with Crippen LogP contribution in [0.1, 0.15) is 35.0 Å². The number of hydrogen-bond acceptors (Lipinski definition) is 7. The van der Waals surface area contributed by atoms with E-state index < -0.39 is 5.91 Å². The first kappa shape index (κ1) is 22.6. The molecule has 0 radical (unpaired) electrons. The van der Waals surface area contributed by atoms with E-state index in [4.69, 9.17) is 22.3 Å². The fourth-order valence-corrected chi connectivity index (χ4v) is 5.14. The van der Waals surface area contributed by atoms with Crippen molar-refractivity contribution in [2.75, 3.05) is 31.2 Å². The molecule has 2 aromatic rings. The standard InChI is InChI=1S/C22H28ClN7OS/c1-3-29-9-5-7-15(29)11-25-18-10-19(28-22-26-12-17(32-22)21(24)31)30(13-27-18)20-14(2)6-4-8-16(20)23/h4,6,8,10,12,15,25,27H,3,5,7,9,11,13H2,1-2H3,(H2,24,31). The van der Waals surface area contributed by atoms with Crippen LogP contribution in [0.4, 0.5) is 10.8 Å². The number of hydrogen-bond donors (Lipinski definition) is 3. The minimum Gasteiger partial charge on any atom is -0.370 e. The molecule has 1 fully saturated rings. The molecule has 1 amide bonds. The highest BCUT2D eigenvalue weighted by atomic mass is 35.5. The maximum atomic E-state index is 11.5. The van der Waals surface area contributed by atoms with Crippen LogP contribution in [-0.4, -0.2) is 54.0 Å². The summed E-state index contributed by atoms with van der Waals surface area (Å²) in [6, 6.07) is 6.35. The molecule has 2 aliphatic heterocycles. The molecule has 0 spiro atoms. The van der Waals surface area contributed by atoms with Crippen molar-refractivity contribution in [2.45, 2.75) is 32.7 Å². The van der Waals surface area contributed by atoms with Gasteiger partial charge in [0, 0.05) is 18.7 Å². The Bertz CT molecular complexity index is 1030. The molecule has 4 rings (SSSR count). The summed E-state index contributed by atoms with van der Waals surface area (Å²) in [5.41, 5.74) is 7.31. The second kappa shape index (κ2) is 9.89. The van der Waals surface area contributed by atoms with Gasteiger partial charge in [-0.2, -0.15) is 0 Å². The van der Waals surface area contributed by atoms with E-state index in [9.17, 15) is 4.79 Å². The topological polar surface area (TPSA) is 98.9 Å². The van der Waals surface area contributed by atoms with Crippen LogP contribution < -0.4 is 21.3 Å². The molecular formula is C22H28ClN7OS. The van der Waals surface area contributed by atoms with Crippen molar-refractivity contribution < 1.29 is 4.79 Å². The first-order valence-electron chi connectivity index (χ1n) is 10.8. The Morgan fingerprint density at radius 1 is 1.47 bits per heavy atom. The summed E-state index contributed by atoms with van der Waals surface area (Å²) in [5, 5.41) is 8.10. The van der Waals surface area contributed by atoms with Crippen LogP contribution in [0.3, 0.4) is 0 Å². The van der Waals surface area contributed by atoms with Crippen LogP contribution >= 0.6 is 22.9 Å². The molecule has 1 aromatic heterocycles. The third-order valence-corrected chi connectivity index (χ3v) is 7.03. The van der Waals surface area contributed by atoms with Crippen LogP contribution in [0.25, 0.3) is 0 Å². The van der Waals surface area contributed by atoms with Gasteiger partial charge in [0.25, 0.3) is 5.91 Å². The lowest BCUT2D eigenvalue weighted by molar-refractivity contribution is 0.100. The number of carbonyl (C=O) groups excluding carboxylic acids is 1. The summed E-state index contributed by atoms with van der Waals surface area (Å²) in [6.45, 7) is 7.82. The van der Waals surface area contributed by atoms with Crippen molar-refractivity contribution in [1.82, 2.24) is 20.5 Å². The summed E-state index contributed by atoms with van der Waals surface area (Å²) >= 11 is 7.72. The largest absolute Gasteiger partial charge is 0.370 e. The van der Waals surface area contributed by atoms with Gasteiger partial charge >= 0.3 is 0 Å². The predicted octanol–water partition coefficient (Wildman–Crippen LogP) is 3.22. The smallest absolute Gasteiger partial charge is 0.260 e. The van der Waals surface area contributed by atoms with E-state index in [0.29, 0.717) is 33.6 Å². The number of anilines is 1. The van der Waals surface area contributed by atoms with Crippen LogP contribution in [0, 0.1) is 6.92 Å². The molecule has 8 nitrogen and oxygen atoms in total. The lowest BCUT2D eigenvalue weighted by atomic mass is 10.1. The summed E-state index contributed by atoms with van der Waals surface area (Å²) in [6.07, 6.45) is 5.86. The van der Waals surface area contributed by atoms with Gasteiger partial charge in [-0.3, -0.25) is 9.69 Å². The zero-order chi connectivity index (χ0) is 22.7. The van der Waals surface area contributed by atoms with E-state index in [1.54, 1.807) is 0 Å². The highest BCUT2D eigenvalue weighted by Gasteiger charge is 2.25. The molecule has 4 N–H and O–H groups in total. The lowest BCUT2D eigenvalue weighted by Gasteiger charge is -2.33. The minimum absolute atomic E-state index is 0.377. The number of amides is 1. The van der Waals surface area contributed by atoms with Gasteiger partial charge in [-0.1, -0.05) is 42.0 Å². The number of primary amides is 1. The molecular weight excluding hydrogens is 446 g/mol. The summed E-state index contributed by atoms with van der Waals surface area (Å²) in [5.74, 6) is 1.08. The minimum atomic E-state index is -0.506. The van der Waals surface area contributed by atoms with Gasteiger partial charge in [-0.05, 0) is 44.5 Å². The fourth-order valence-electron chi connectivity index (χ4n) is 4.17. The average molecular weight is 474 g/mol. The number of nitrogens with zero attached hydrogens (tertiary/aromatic N) is 4. The van der Waals surface area contributed by atoms with E-state index in [-0.39, 0.29) is 0 Å². The monoisotopic (exact) mass is 473 g/mol. The van der Waals surface area contributed by atoms with Gasteiger partial charge in [-0.25, -0.2) is 9.98 Å². The number of aryl methyl sites for hydroxylation is 1. The molecule has 3 heterocycles. The number of nitrogens with two attached hydrogens (primary N) is 1. The molecule has 0 saturated carbocycles. The number of para-hydroxylation sites is 1. The van der Waals surface area contributed by atoms with E-state index in [0.717, 1.165) is 36.7 Å². The highest BCUT2D eigenvalue weighted by Crippen LogP contribution is 2.32. The van der Waals surface area contributed by atoms with Crippen LogP contribution in [0.5, 0.6) is 0 Å². The summed E-state index contributed by atoms with van der Waals surface area (Å²) in [7, 11) is 0. The Kier molecular flexibility index (Phi) is 6.98. The third-order valence-electron chi connectivity index (χ3n) is 5.82. The van der Waals surface area contributed by atoms with Crippen LogP contribution in [0.2, 0.25) is 5.02 Å². The maximum absolute atomic E-state index is 11.5. The van der Waals surface area contributed by atoms with Crippen molar-refractivity contribution in [3.63, 3.8) is 0 Å². The van der Waals surface area contributed by atoms with Gasteiger partial charge in [0.05, 0.1) is 23.6 Å². The molecule has 0 bridgehead atoms. The SMILES string of the molecule is CCN1CCCC1CNC1=CC(=Nc2ncc(C(N)=O)s2)N(c2c(C)cccc2Cl)CN1. The predicted molar refractivity (Wildman–Crippen MR) is 131 cm³/mol. The number of likely N-dealkylation sites (tertiary alicyclic amines) is 1. The number of halogens is 1. The van der Waals surface area contributed by atoms with Crippen LogP contribution in [0.15, 0.2) is 41.3 Å². The van der Waals surface area contributed by atoms with Crippen LogP contribution in [-0.2, 0) is 0 Å². The zero-order valence-corrected chi connectivity index (χ0v) is 19.8. The van der Waals surface area contributed by atoms with Crippen molar-refractivity contribution in [2.24, 2.45) is 10.7 Å². The van der Waals surface area contributed by atoms with E-state index in [2.05, 4.69) is 27.4 Å². The maximum Gasteiger partial charge on any atom is 0.260 e. The zero-order valence-electron chi connectivity index (χ0n) is 18.3. The van der Waals surface area contributed by atoms with Gasteiger partial charge in [0.2, 0.25) is 5.13 Å². The summed E-state index contributed by atoms with van der Waals surface area (Å²) < 4.78 is 0. The first-order chi connectivity index (χ1) is 15.5. The van der Waals surface area contributed by atoms with Crippen molar-refractivity contribution in [1.29, 1.82) is 0 Å². The second-order valence-electron chi connectivity index (χ2n) is 7.87. The molecule has 10 heteroatoms. The molecule has 1 atom stereocenters. The van der Waals surface area contributed by atoms with Gasteiger partial charge in [-0.15, -0.1) is 0 Å². The highest BCUT2D eigenvalue weighted by molar-refractivity contribution is 7.17. The van der Waals surface area contributed by atoms with E-state index in [1.165, 1.54) is 30.4 Å². The average Bonchev–Trinajstić information content (AvgIpc) is 3.42.